The Morgan fingerprint density at radius 2 is 1.95 bits per heavy atom. The summed E-state index contributed by atoms with van der Waals surface area (Å²) >= 11 is 0. The first-order valence-electron chi connectivity index (χ1n) is 7.16. The molecule has 1 rings (SSSR count). The van der Waals surface area contributed by atoms with Crippen molar-refractivity contribution < 1.29 is 23.1 Å². The largest absolute Gasteiger partial charge is 0.405 e. The smallest absolute Gasteiger partial charge is 0.394 e. The molecule has 0 spiro atoms. The van der Waals surface area contributed by atoms with Crippen LogP contribution in [0.15, 0.2) is 0 Å². The predicted molar refractivity (Wildman–Crippen MR) is 73.7 cm³/mol. The molecule has 4 nitrogen and oxygen atoms in total. The monoisotopic (exact) mass is 310 g/mol. The van der Waals surface area contributed by atoms with Crippen molar-refractivity contribution in [2.75, 3.05) is 19.7 Å². The second-order valence-corrected chi connectivity index (χ2v) is 7.04. The maximum atomic E-state index is 12.0. The molecule has 1 fully saturated rings. The lowest BCUT2D eigenvalue weighted by molar-refractivity contribution is -0.138. The Morgan fingerprint density at radius 3 is 2.43 bits per heavy atom. The molecule has 124 valence electrons. The van der Waals surface area contributed by atoms with Crippen molar-refractivity contribution in [3.05, 3.63) is 0 Å². The molecule has 1 saturated carbocycles. The summed E-state index contributed by atoms with van der Waals surface area (Å²) in [5.74, 6) is -0.331. The summed E-state index contributed by atoms with van der Waals surface area (Å²) < 4.78 is 36.1. The average molecular weight is 310 g/mol. The quantitative estimate of drug-likeness (QED) is 0.726. The number of nitrogens with one attached hydrogen (secondary N) is 2. The number of carbonyl (C=O) groups excluding carboxylic acids is 1. The van der Waals surface area contributed by atoms with Crippen molar-refractivity contribution in [1.29, 1.82) is 0 Å². The van der Waals surface area contributed by atoms with Crippen LogP contribution in [0, 0.1) is 11.3 Å². The molecule has 0 heterocycles. The molecule has 0 bridgehead atoms. The van der Waals surface area contributed by atoms with Gasteiger partial charge in [0.25, 0.3) is 0 Å². The van der Waals surface area contributed by atoms with Crippen molar-refractivity contribution in [1.82, 2.24) is 10.6 Å². The van der Waals surface area contributed by atoms with Crippen molar-refractivity contribution in [3.63, 3.8) is 0 Å². The normalized spacial score (nSPS) is 29.2. The molecule has 2 unspecified atom stereocenters. The maximum absolute atomic E-state index is 12.0. The third-order valence-corrected chi connectivity index (χ3v) is 3.87. The molecular weight excluding hydrogens is 285 g/mol. The number of aliphatic hydroxyl groups is 1. The van der Waals surface area contributed by atoms with E-state index in [0.29, 0.717) is 18.8 Å². The molecule has 1 aliphatic rings. The fourth-order valence-corrected chi connectivity index (χ4v) is 3.58. The summed E-state index contributed by atoms with van der Waals surface area (Å²) in [6.45, 7) is 4.59. The van der Waals surface area contributed by atoms with Gasteiger partial charge in [-0.1, -0.05) is 20.8 Å². The lowest BCUT2D eigenvalue weighted by atomic mass is 9.64. The van der Waals surface area contributed by atoms with Gasteiger partial charge in [0.1, 0.15) is 6.54 Å². The topological polar surface area (TPSA) is 61.4 Å². The third kappa shape index (κ3) is 6.22. The summed E-state index contributed by atoms with van der Waals surface area (Å²) in [5, 5.41) is 14.5. The molecule has 0 radical (unpaired) electrons. The van der Waals surface area contributed by atoms with E-state index in [2.05, 4.69) is 26.1 Å². The van der Waals surface area contributed by atoms with Gasteiger partial charge < -0.3 is 15.7 Å². The van der Waals surface area contributed by atoms with Crippen LogP contribution in [-0.2, 0) is 4.79 Å². The molecule has 1 amide bonds. The highest BCUT2D eigenvalue weighted by atomic mass is 19.4. The van der Waals surface area contributed by atoms with E-state index >= 15 is 0 Å². The summed E-state index contributed by atoms with van der Waals surface area (Å²) in [4.78, 5) is 11.5. The Labute approximate surface area is 123 Å². The highest BCUT2D eigenvalue weighted by molar-refractivity contribution is 5.78. The van der Waals surface area contributed by atoms with Gasteiger partial charge in [-0.05, 0) is 30.6 Å². The van der Waals surface area contributed by atoms with Gasteiger partial charge in [-0.3, -0.25) is 4.79 Å². The second kappa shape index (κ2) is 6.52. The zero-order valence-electron chi connectivity index (χ0n) is 12.8. The Hall–Kier alpha value is -0.820. The molecule has 3 N–H and O–H groups in total. The van der Waals surface area contributed by atoms with Crippen LogP contribution in [0.2, 0.25) is 0 Å². The number of alkyl halides is 3. The van der Waals surface area contributed by atoms with E-state index in [9.17, 15) is 23.1 Å². The summed E-state index contributed by atoms with van der Waals surface area (Å²) in [7, 11) is 0. The number of aliphatic hydroxyl groups excluding tert-OH is 1. The first kappa shape index (κ1) is 18.2. The maximum Gasteiger partial charge on any atom is 0.405 e. The van der Waals surface area contributed by atoms with Crippen LogP contribution in [-0.4, -0.2) is 42.4 Å². The lowest BCUT2D eigenvalue weighted by Gasteiger charge is -2.47. The lowest BCUT2D eigenvalue weighted by Crippen LogP contribution is -2.57. The van der Waals surface area contributed by atoms with Gasteiger partial charge in [0.05, 0.1) is 13.2 Å². The van der Waals surface area contributed by atoms with E-state index in [1.54, 1.807) is 0 Å². The van der Waals surface area contributed by atoms with E-state index in [1.807, 2.05) is 5.32 Å². The Kier molecular flexibility index (Phi) is 5.66. The van der Waals surface area contributed by atoms with Gasteiger partial charge in [-0.25, -0.2) is 0 Å². The molecule has 21 heavy (non-hydrogen) atoms. The van der Waals surface area contributed by atoms with Crippen LogP contribution < -0.4 is 10.6 Å². The fourth-order valence-electron chi connectivity index (χ4n) is 3.58. The highest BCUT2D eigenvalue weighted by Crippen LogP contribution is 2.43. The van der Waals surface area contributed by atoms with Crippen molar-refractivity contribution in [2.24, 2.45) is 11.3 Å². The van der Waals surface area contributed by atoms with Crippen LogP contribution >= 0.6 is 0 Å². The molecule has 0 aromatic carbocycles. The first-order valence-corrected chi connectivity index (χ1v) is 7.16. The molecule has 0 aromatic rings. The SMILES string of the molecule is CC1CC(C)(C)CC(CO)(NCC(=O)NCC(F)(F)F)C1. The molecule has 1 aliphatic carbocycles. The van der Waals surface area contributed by atoms with Crippen molar-refractivity contribution in [2.45, 2.75) is 51.7 Å². The summed E-state index contributed by atoms with van der Waals surface area (Å²) in [6.07, 6.45) is -1.99. The molecule has 0 aromatic heterocycles. The van der Waals surface area contributed by atoms with Gasteiger partial charge >= 0.3 is 6.18 Å². The van der Waals surface area contributed by atoms with Crippen LogP contribution in [0.1, 0.15) is 40.0 Å². The van der Waals surface area contributed by atoms with Crippen molar-refractivity contribution in [3.8, 4) is 0 Å². The van der Waals surface area contributed by atoms with Gasteiger partial charge in [0.15, 0.2) is 0 Å². The van der Waals surface area contributed by atoms with Crippen LogP contribution in [0.3, 0.4) is 0 Å². The molecular formula is C14H25F3N2O2. The molecule has 0 aliphatic heterocycles. The van der Waals surface area contributed by atoms with Gasteiger partial charge in [-0.2, -0.15) is 13.2 Å². The first-order chi connectivity index (χ1) is 9.47. The van der Waals surface area contributed by atoms with Crippen LogP contribution in [0.5, 0.6) is 0 Å². The van der Waals surface area contributed by atoms with E-state index in [4.69, 9.17) is 0 Å². The number of halogens is 3. The molecule has 2 atom stereocenters. The minimum Gasteiger partial charge on any atom is -0.394 e. The number of amides is 1. The fraction of sp³-hybridized carbons (Fsp3) is 0.929. The van der Waals surface area contributed by atoms with Gasteiger partial charge in [0.2, 0.25) is 5.91 Å². The zero-order valence-corrected chi connectivity index (χ0v) is 12.8. The van der Waals surface area contributed by atoms with E-state index in [0.717, 1.165) is 6.42 Å². The average Bonchev–Trinajstić information content (AvgIpc) is 2.30. The second-order valence-electron chi connectivity index (χ2n) is 7.04. The van der Waals surface area contributed by atoms with Crippen molar-refractivity contribution >= 4 is 5.91 Å². The van der Waals surface area contributed by atoms with Gasteiger partial charge in [-0.15, -0.1) is 0 Å². The minimum atomic E-state index is -4.41. The Morgan fingerprint density at radius 1 is 1.33 bits per heavy atom. The number of hydrogen-bond donors (Lipinski definition) is 3. The summed E-state index contributed by atoms with van der Waals surface area (Å²) in [6, 6.07) is 0. The third-order valence-electron chi connectivity index (χ3n) is 3.87. The number of rotatable bonds is 5. The number of hydrogen-bond acceptors (Lipinski definition) is 3. The predicted octanol–water partition coefficient (Wildman–Crippen LogP) is 1.83. The van der Waals surface area contributed by atoms with E-state index < -0.39 is 24.2 Å². The van der Waals surface area contributed by atoms with Gasteiger partial charge in [0, 0.05) is 5.54 Å². The minimum absolute atomic E-state index is 0.0237. The zero-order chi connectivity index (χ0) is 16.3. The number of carbonyl (C=O) groups is 1. The van der Waals surface area contributed by atoms with Crippen LogP contribution in [0.25, 0.3) is 0 Å². The summed E-state index contributed by atoms with van der Waals surface area (Å²) in [5.41, 5.74) is -0.577. The molecule has 0 saturated heterocycles. The highest BCUT2D eigenvalue weighted by Gasteiger charge is 2.42. The van der Waals surface area contributed by atoms with Crippen LogP contribution in [0.4, 0.5) is 13.2 Å². The Balaban J connectivity index is 2.55. The van der Waals surface area contributed by atoms with E-state index in [1.165, 1.54) is 0 Å². The Bertz CT molecular complexity index is 372. The standard InChI is InChI=1S/C14H25F3N2O2/c1-10-4-12(2,3)7-13(5-10,9-20)19-6-11(21)18-8-14(15,16)17/h10,19-20H,4-9H2,1-3H3,(H,18,21). The van der Waals surface area contributed by atoms with E-state index in [-0.39, 0.29) is 18.6 Å². The molecule has 7 heteroatoms.